The summed E-state index contributed by atoms with van der Waals surface area (Å²) < 4.78 is 16.3. The third-order valence-electron chi connectivity index (χ3n) is 5.35. The predicted octanol–water partition coefficient (Wildman–Crippen LogP) is 0.673. The molecule has 164 valence electrons. The molecule has 0 aromatic heterocycles. The Kier molecular flexibility index (Phi) is 7.17. The molecule has 5 N–H and O–H groups in total. The highest BCUT2D eigenvalue weighted by Crippen LogP contribution is 2.32. The van der Waals surface area contributed by atoms with E-state index < -0.39 is 37.3 Å². The monoisotopic (exact) mass is 420 g/mol. The van der Waals surface area contributed by atoms with Crippen LogP contribution >= 0.6 is 0 Å². The van der Waals surface area contributed by atoms with Crippen molar-refractivity contribution < 1.29 is 39.7 Å². The molecule has 0 amide bonds. The number of aliphatic hydroxyl groups is 4. The van der Waals surface area contributed by atoms with Crippen molar-refractivity contribution in [2.24, 2.45) is 0 Å². The maximum absolute atomic E-state index is 10.3. The summed E-state index contributed by atoms with van der Waals surface area (Å²) >= 11 is 0. The zero-order valence-electron chi connectivity index (χ0n) is 16.9. The van der Waals surface area contributed by atoms with Gasteiger partial charge in [-0.05, 0) is 55.2 Å². The smallest absolute Gasteiger partial charge is 0.229 e. The van der Waals surface area contributed by atoms with E-state index in [0.29, 0.717) is 12.0 Å². The van der Waals surface area contributed by atoms with Crippen LogP contribution in [0.5, 0.6) is 17.2 Å². The number of hydrogen-bond acceptors (Lipinski definition) is 8. The Labute approximate surface area is 174 Å². The Balaban J connectivity index is 1.74. The van der Waals surface area contributed by atoms with Gasteiger partial charge in [-0.3, -0.25) is 0 Å². The highest BCUT2D eigenvalue weighted by atomic mass is 16.7. The van der Waals surface area contributed by atoms with E-state index in [1.807, 2.05) is 24.3 Å². The number of hydrogen-bond donors (Lipinski definition) is 5. The van der Waals surface area contributed by atoms with E-state index >= 15 is 0 Å². The molecule has 0 spiro atoms. The van der Waals surface area contributed by atoms with Crippen LogP contribution in [0.3, 0.4) is 0 Å². The minimum atomic E-state index is -1.53. The van der Waals surface area contributed by atoms with Gasteiger partial charge >= 0.3 is 0 Å². The molecule has 8 heteroatoms. The van der Waals surface area contributed by atoms with Crippen LogP contribution < -0.4 is 9.47 Å². The minimum Gasteiger partial charge on any atom is -0.508 e. The summed E-state index contributed by atoms with van der Waals surface area (Å²) in [7, 11) is 1.61. The quantitative estimate of drug-likeness (QED) is 0.442. The van der Waals surface area contributed by atoms with Crippen LogP contribution in [-0.4, -0.2) is 70.0 Å². The van der Waals surface area contributed by atoms with Crippen molar-refractivity contribution in [2.75, 3.05) is 13.7 Å². The molecule has 0 saturated carbocycles. The van der Waals surface area contributed by atoms with Gasteiger partial charge in [0.15, 0.2) is 0 Å². The van der Waals surface area contributed by atoms with Crippen molar-refractivity contribution in [3.05, 3.63) is 53.1 Å². The molecule has 8 nitrogen and oxygen atoms in total. The molecule has 0 bridgehead atoms. The van der Waals surface area contributed by atoms with Crippen molar-refractivity contribution in [1.29, 1.82) is 0 Å². The number of rotatable bonds is 7. The van der Waals surface area contributed by atoms with E-state index in [4.69, 9.17) is 14.2 Å². The summed E-state index contributed by atoms with van der Waals surface area (Å²) in [5.74, 6) is 1.09. The number of phenols is 1. The average molecular weight is 420 g/mol. The summed E-state index contributed by atoms with van der Waals surface area (Å²) in [5, 5.41) is 49.7. The standard InChI is InChI=1S/C22H28O8/c1-12-16(24)9-14(4-3-13-5-7-15(28-2)8-6-13)10-17(12)29-22-21(27)20(26)19(25)18(11-23)30-22/h5-10,18-27H,3-4,11H2,1-2H3/t18-,19-,20+,21-,22-/m1/s1. The SMILES string of the molecule is COc1ccc(CCc2cc(O)c(C)c(O[C@@H]3O[C@H](CO)[C@@H](O)[C@H](O)[C@H]3O)c2)cc1. The lowest BCUT2D eigenvalue weighted by atomic mass is 9.99. The van der Waals surface area contributed by atoms with Gasteiger partial charge in [-0.25, -0.2) is 0 Å². The number of methoxy groups -OCH3 is 1. The van der Waals surface area contributed by atoms with Crippen molar-refractivity contribution in [3.8, 4) is 17.2 Å². The second-order valence-corrected chi connectivity index (χ2v) is 7.40. The molecule has 2 aromatic carbocycles. The van der Waals surface area contributed by atoms with Gasteiger partial charge in [0.25, 0.3) is 0 Å². The van der Waals surface area contributed by atoms with Crippen LogP contribution in [0.2, 0.25) is 0 Å². The molecule has 30 heavy (non-hydrogen) atoms. The number of aromatic hydroxyl groups is 1. The number of aliphatic hydroxyl groups excluding tert-OH is 4. The largest absolute Gasteiger partial charge is 0.508 e. The van der Waals surface area contributed by atoms with Gasteiger partial charge in [0.1, 0.15) is 41.7 Å². The molecule has 2 aromatic rings. The van der Waals surface area contributed by atoms with Gasteiger partial charge < -0.3 is 39.7 Å². The van der Waals surface area contributed by atoms with Crippen molar-refractivity contribution in [2.45, 2.75) is 50.5 Å². The van der Waals surface area contributed by atoms with Gasteiger partial charge in [0.2, 0.25) is 6.29 Å². The molecule has 0 radical (unpaired) electrons. The minimum absolute atomic E-state index is 0.0295. The van der Waals surface area contributed by atoms with Gasteiger partial charge in [0.05, 0.1) is 13.7 Å². The third kappa shape index (κ3) is 4.85. The summed E-state index contributed by atoms with van der Waals surface area (Å²) in [6.07, 6.45) is -5.54. The molecule has 1 aliphatic heterocycles. The van der Waals surface area contributed by atoms with Crippen LogP contribution in [-0.2, 0) is 17.6 Å². The van der Waals surface area contributed by atoms with Crippen LogP contribution in [0.25, 0.3) is 0 Å². The molecule has 1 aliphatic rings. The summed E-state index contributed by atoms with van der Waals surface area (Å²) in [6.45, 7) is 1.11. The van der Waals surface area contributed by atoms with Crippen molar-refractivity contribution in [3.63, 3.8) is 0 Å². The van der Waals surface area contributed by atoms with Gasteiger partial charge in [-0.1, -0.05) is 12.1 Å². The topological polar surface area (TPSA) is 129 Å². The van der Waals surface area contributed by atoms with Crippen LogP contribution in [0, 0.1) is 6.92 Å². The molecule has 1 fully saturated rings. The highest BCUT2D eigenvalue weighted by molar-refractivity contribution is 5.46. The molecule has 5 atom stereocenters. The number of phenolic OH excluding ortho intramolecular Hbond substituents is 1. The molecule has 0 unspecified atom stereocenters. The summed E-state index contributed by atoms with van der Waals surface area (Å²) in [6, 6.07) is 11.1. The van der Waals surface area contributed by atoms with E-state index in [9.17, 15) is 25.5 Å². The van der Waals surface area contributed by atoms with Gasteiger partial charge in [0, 0.05) is 5.56 Å². The fraction of sp³-hybridized carbons (Fsp3) is 0.455. The Morgan fingerprint density at radius 3 is 2.23 bits per heavy atom. The number of aryl methyl sites for hydroxylation is 2. The zero-order valence-corrected chi connectivity index (χ0v) is 16.9. The predicted molar refractivity (Wildman–Crippen MR) is 108 cm³/mol. The lowest BCUT2D eigenvalue weighted by Gasteiger charge is -2.39. The lowest BCUT2D eigenvalue weighted by Crippen LogP contribution is -2.60. The third-order valence-corrected chi connectivity index (χ3v) is 5.35. The first-order valence-corrected chi connectivity index (χ1v) is 9.76. The first kappa shape index (κ1) is 22.3. The molecule has 1 heterocycles. The van der Waals surface area contributed by atoms with E-state index in [0.717, 1.165) is 23.3 Å². The van der Waals surface area contributed by atoms with Crippen LogP contribution in [0.4, 0.5) is 0 Å². The molecular weight excluding hydrogens is 392 g/mol. The number of ether oxygens (including phenoxy) is 3. The van der Waals surface area contributed by atoms with E-state index in [1.54, 1.807) is 26.2 Å². The second kappa shape index (κ2) is 9.63. The second-order valence-electron chi connectivity index (χ2n) is 7.40. The van der Waals surface area contributed by atoms with Crippen molar-refractivity contribution >= 4 is 0 Å². The molecular formula is C22H28O8. The number of benzene rings is 2. The van der Waals surface area contributed by atoms with E-state index in [2.05, 4.69) is 0 Å². The Morgan fingerprint density at radius 2 is 1.60 bits per heavy atom. The normalized spacial score (nSPS) is 26.4. The van der Waals surface area contributed by atoms with E-state index in [1.165, 1.54) is 0 Å². The first-order valence-electron chi connectivity index (χ1n) is 9.76. The first-order chi connectivity index (χ1) is 14.3. The van der Waals surface area contributed by atoms with Crippen LogP contribution in [0.1, 0.15) is 16.7 Å². The van der Waals surface area contributed by atoms with Crippen LogP contribution in [0.15, 0.2) is 36.4 Å². The zero-order chi connectivity index (χ0) is 21.8. The van der Waals surface area contributed by atoms with Crippen molar-refractivity contribution in [1.82, 2.24) is 0 Å². The summed E-state index contributed by atoms with van der Waals surface area (Å²) in [4.78, 5) is 0. The van der Waals surface area contributed by atoms with E-state index in [-0.39, 0.29) is 11.5 Å². The Bertz CT molecular complexity index is 836. The fourth-order valence-electron chi connectivity index (χ4n) is 3.37. The fourth-order valence-corrected chi connectivity index (χ4v) is 3.37. The molecule has 3 rings (SSSR count). The average Bonchev–Trinajstić information content (AvgIpc) is 2.76. The maximum Gasteiger partial charge on any atom is 0.229 e. The van der Waals surface area contributed by atoms with Gasteiger partial charge in [-0.2, -0.15) is 0 Å². The van der Waals surface area contributed by atoms with Gasteiger partial charge in [-0.15, -0.1) is 0 Å². The molecule has 0 aliphatic carbocycles. The summed E-state index contributed by atoms with van der Waals surface area (Å²) in [5.41, 5.74) is 2.36. The maximum atomic E-state index is 10.3. The Morgan fingerprint density at radius 1 is 0.933 bits per heavy atom. The molecule has 1 saturated heterocycles. The highest BCUT2D eigenvalue weighted by Gasteiger charge is 2.44. The lowest BCUT2D eigenvalue weighted by molar-refractivity contribution is -0.277. The Hall–Kier alpha value is -2.36.